The second-order valence-corrected chi connectivity index (χ2v) is 17.1. The number of amides is 1. The van der Waals surface area contributed by atoms with Crippen LogP contribution in [0.25, 0.3) is 10.9 Å². The van der Waals surface area contributed by atoms with Gasteiger partial charge in [0.2, 0.25) is 5.95 Å². The number of aromatic nitrogens is 3. The Morgan fingerprint density at radius 1 is 1.14 bits per heavy atom. The Labute approximate surface area is 335 Å². The SMILES string of the molecule is CNC(=O)COc1cc2cc(Nc3nc(N4CCC(O[C@H]5C[C@H](N6CCC7(c8ccc9c(c8F)CNC9O)CC7C6)C5)CC4)ncc3Cl)ccc2n(C(C)C)c1=O. The summed E-state index contributed by atoms with van der Waals surface area (Å²) >= 11 is 6.59. The van der Waals surface area contributed by atoms with Crippen LogP contribution >= 0.6 is 11.6 Å². The molecule has 3 unspecified atom stereocenters. The van der Waals surface area contributed by atoms with E-state index in [1.807, 2.05) is 44.2 Å². The van der Waals surface area contributed by atoms with Crippen LogP contribution in [0.4, 0.5) is 21.8 Å². The lowest BCUT2D eigenvalue weighted by molar-refractivity contribution is -0.122. The largest absolute Gasteiger partial charge is 0.478 e. The van der Waals surface area contributed by atoms with Gasteiger partial charge in [0.25, 0.3) is 11.5 Å². The molecule has 5 aliphatic rings. The summed E-state index contributed by atoms with van der Waals surface area (Å²) in [5.74, 6) is 1.22. The summed E-state index contributed by atoms with van der Waals surface area (Å²) in [6, 6.07) is 11.6. The average molecular weight is 801 g/mol. The number of fused-ring (bicyclic) bond motifs is 3. The van der Waals surface area contributed by atoms with Crippen LogP contribution in [0.15, 0.2) is 47.4 Å². The lowest BCUT2D eigenvalue weighted by Crippen LogP contribution is -2.52. The molecule has 15 heteroatoms. The zero-order chi connectivity index (χ0) is 39.6. The molecule has 2 aromatic heterocycles. The van der Waals surface area contributed by atoms with E-state index in [0.29, 0.717) is 46.4 Å². The zero-order valence-corrected chi connectivity index (χ0v) is 33.3. The third kappa shape index (κ3) is 7.13. The fourth-order valence-electron chi connectivity index (χ4n) is 9.58. The van der Waals surface area contributed by atoms with E-state index >= 15 is 4.39 Å². The number of halogens is 2. The quantitative estimate of drug-likeness (QED) is 0.157. The summed E-state index contributed by atoms with van der Waals surface area (Å²) in [4.78, 5) is 39.2. The lowest BCUT2D eigenvalue weighted by atomic mass is 9.82. The van der Waals surface area contributed by atoms with Crippen LogP contribution in [-0.4, -0.2) is 88.5 Å². The van der Waals surface area contributed by atoms with Crippen molar-refractivity contribution in [3.63, 3.8) is 0 Å². The van der Waals surface area contributed by atoms with E-state index in [0.717, 1.165) is 86.9 Å². The van der Waals surface area contributed by atoms with E-state index in [1.54, 1.807) is 16.8 Å². The Kier molecular flexibility index (Phi) is 10.1. The highest BCUT2D eigenvalue weighted by Gasteiger charge is 2.59. The number of likely N-dealkylation sites (tertiary alicyclic amines) is 1. The number of benzene rings is 2. The first-order chi connectivity index (χ1) is 27.5. The molecule has 302 valence electrons. The third-order valence-electron chi connectivity index (χ3n) is 13.0. The van der Waals surface area contributed by atoms with E-state index in [9.17, 15) is 14.7 Å². The van der Waals surface area contributed by atoms with Gasteiger partial charge in [-0.1, -0.05) is 23.7 Å². The number of ether oxygens (including phenoxy) is 2. The summed E-state index contributed by atoms with van der Waals surface area (Å²) < 4.78 is 29.4. The normalized spacial score (nSPS) is 25.9. The van der Waals surface area contributed by atoms with Crippen LogP contribution in [-0.2, 0) is 21.5 Å². The van der Waals surface area contributed by atoms with E-state index in [2.05, 4.69) is 30.7 Å². The van der Waals surface area contributed by atoms with Gasteiger partial charge in [-0.15, -0.1) is 0 Å². The Bertz CT molecular complexity index is 2260. The smallest absolute Gasteiger partial charge is 0.293 e. The maximum absolute atomic E-state index is 15.6. The maximum Gasteiger partial charge on any atom is 0.293 e. The topological polar surface area (TPSA) is 146 Å². The predicted octanol–water partition coefficient (Wildman–Crippen LogP) is 5.31. The molecule has 4 fully saturated rings. The molecule has 0 radical (unpaired) electrons. The van der Waals surface area contributed by atoms with Crippen molar-refractivity contribution in [2.45, 2.75) is 94.9 Å². The maximum atomic E-state index is 15.6. The monoisotopic (exact) mass is 800 g/mol. The number of nitrogens with zero attached hydrogens (tertiary/aromatic N) is 5. The molecule has 3 aliphatic heterocycles. The Hall–Kier alpha value is -4.34. The number of hydrogen-bond acceptors (Lipinski definition) is 11. The van der Waals surface area contributed by atoms with Crippen LogP contribution in [0.3, 0.4) is 0 Å². The number of pyridine rings is 1. The molecule has 0 spiro atoms. The molecule has 2 aliphatic carbocycles. The molecular formula is C42H50ClFN8O5. The third-order valence-corrected chi connectivity index (χ3v) is 13.2. The molecule has 2 saturated carbocycles. The van der Waals surface area contributed by atoms with Crippen LogP contribution < -0.4 is 31.1 Å². The van der Waals surface area contributed by atoms with Crippen molar-refractivity contribution in [3.8, 4) is 5.75 Å². The summed E-state index contributed by atoms with van der Waals surface area (Å²) in [5.41, 5.74) is 3.29. The van der Waals surface area contributed by atoms with Gasteiger partial charge in [-0.05, 0) is 94.7 Å². The number of nitrogens with one attached hydrogen (secondary N) is 3. The standard InChI is InChI=1S/C42H50ClFN8O5/c1-23(2)52-34-7-4-26(14-24(34)15-35(40(52)55)56-22-36(53)45-3)48-38-33(43)20-47-41(49-38)50-11-8-28(9-12-50)57-29-16-27(17-29)51-13-10-42(18-25(42)21-51)32-6-5-30-31(37(32)44)19-46-39(30)54/h4-7,14-15,20,23,25,27-29,39,46,54H,8-13,16-19,21-22H2,1-3H3,(H,45,53)(H,47,48,49)/t25?,27-,29-,39?,42?. The number of carbonyl (C=O) groups excluding carboxylic acids is 1. The molecule has 9 rings (SSSR count). The van der Waals surface area contributed by atoms with Crippen molar-refractivity contribution in [2.24, 2.45) is 5.92 Å². The molecule has 2 saturated heterocycles. The minimum Gasteiger partial charge on any atom is -0.478 e. The Morgan fingerprint density at radius 3 is 2.70 bits per heavy atom. The Morgan fingerprint density at radius 2 is 1.95 bits per heavy atom. The van der Waals surface area contributed by atoms with E-state index in [-0.39, 0.29) is 53.3 Å². The molecule has 0 bridgehead atoms. The van der Waals surface area contributed by atoms with Crippen LogP contribution in [0, 0.1) is 11.7 Å². The molecule has 57 heavy (non-hydrogen) atoms. The van der Waals surface area contributed by atoms with Gasteiger partial charge in [0, 0.05) is 72.9 Å². The summed E-state index contributed by atoms with van der Waals surface area (Å²) in [7, 11) is 1.52. The number of likely N-dealkylation sites (N-methyl/N-ethyl adjacent to an activating group) is 1. The second kappa shape index (κ2) is 15.1. The highest BCUT2D eigenvalue weighted by atomic mass is 35.5. The summed E-state index contributed by atoms with van der Waals surface area (Å²) in [5, 5.41) is 20.0. The molecule has 4 aromatic rings. The molecular weight excluding hydrogens is 751 g/mol. The minimum atomic E-state index is -0.770. The number of anilines is 3. The molecule has 5 heterocycles. The number of piperidine rings is 2. The lowest BCUT2D eigenvalue weighted by Gasteiger charge is -2.47. The van der Waals surface area contributed by atoms with Gasteiger partial charge >= 0.3 is 0 Å². The van der Waals surface area contributed by atoms with Gasteiger partial charge in [0.05, 0.1) is 23.9 Å². The first kappa shape index (κ1) is 38.2. The number of carbonyl (C=O) groups is 1. The summed E-state index contributed by atoms with van der Waals surface area (Å²) in [6.07, 6.45) is 7.18. The van der Waals surface area contributed by atoms with Gasteiger partial charge in [0.1, 0.15) is 17.1 Å². The van der Waals surface area contributed by atoms with Crippen molar-refractivity contribution in [3.05, 3.63) is 80.5 Å². The van der Waals surface area contributed by atoms with Gasteiger partial charge in [-0.2, -0.15) is 4.98 Å². The van der Waals surface area contributed by atoms with E-state index in [4.69, 9.17) is 26.1 Å². The first-order valence-corrected chi connectivity index (χ1v) is 20.6. The number of aliphatic hydroxyl groups excluding tert-OH is 1. The molecule has 3 atom stereocenters. The van der Waals surface area contributed by atoms with Crippen LogP contribution in [0.1, 0.15) is 81.3 Å². The average Bonchev–Trinajstić information content (AvgIpc) is 3.81. The number of rotatable bonds is 11. The fraction of sp³-hybridized carbons (Fsp3) is 0.524. The van der Waals surface area contributed by atoms with Crippen molar-refractivity contribution < 1.29 is 23.8 Å². The molecule has 1 amide bonds. The van der Waals surface area contributed by atoms with Gasteiger partial charge in [0.15, 0.2) is 18.2 Å². The van der Waals surface area contributed by atoms with Crippen molar-refractivity contribution in [1.82, 2.24) is 30.1 Å². The number of aliphatic hydroxyl groups is 1. The van der Waals surface area contributed by atoms with Crippen LogP contribution in [0.2, 0.25) is 5.02 Å². The predicted molar refractivity (Wildman–Crippen MR) is 216 cm³/mol. The number of hydrogen-bond donors (Lipinski definition) is 4. The van der Waals surface area contributed by atoms with E-state index in [1.165, 1.54) is 7.05 Å². The van der Waals surface area contributed by atoms with Crippen molar-refractivity contribution in [1.29, 1.82) is 0 Å². The Balaban J connectivity index is 0.774. The van der Waals surface area contributed by atoms with Gasteiger partial charge in [-0.3, -0.25) is 19.8 Å². The first-order valence-electron chi connectivity index (χ1n) is 20.2. The summed E-state index contributed by atoms with van der Waals surface area (Å²) in [6.45, 7) is 7.53. The second-order valence-electron chi connectivity index (χ2n) is 16.7. The van der Waals surface area contributed by atoms with Crippen molar-refractivity contribution in [2.75, 3.05) is 50.1 Å². The van der Waals surface area contributed by atoms with Crippen molar-refractivity contribution >= 4 is 45.9 Å². The van der Waals surface area contributed by atoms with Gasteiger partial charge in [-0.25, -0.2) is 9.37 Å². The molecule has 2 aromatic carbocycles. The van der Waals surface area contributed by atoms with Gasteiger partial charge < -0.3 is 34.7 Å². The van der Waals surface area contributed by atoms with Crippen LogP contribution in [0.5, 0.6) is 5.75 Å². The zero-order valence-electron chi connectivity index (χ0n) is 32.6. The molecule has 13 nitrogen and oxygen atoms in total. The highest BCUT2D eigenvalue weighted by molar-refractivity contribution is 6.32. The fourth-order valence-corrected chi connectivity index (χ4v) is 9.72. The minimum absolute atomic E-state index is 0.0466. The molecule has 4 N–H and O–H groups in total. The van der Waals surface area contributed by atoms with E-state index < -0.39 is 6.23 Å². The highest BCUT2D eigenvalue weighted by Crippen LogP contribution is 2.61.